The molecule has 1 aliphatic rings. The molecule has 1 saturated heterocycles. The minimum Gasteiger partial charge on any atom is -0.744 e. The number of phenolic OH excluding ortho intramolecular Hbond substituents is 1. The molecule has 4 N–H and O–H groups in total. The molecule has 7 aromatic rings. The molecule has 0 bridgehead atoms. The molecule has 0 radical (unpaired) electrons. The number of ether oxygens (including phenoxy) is 1. The summed E-state index contributed by atoms with van der Waals surface area (Å²) in [6.45, 7) is 2.03. The van der Waals surface area contributed by atoms with Crippen molar-refractivity contribution in [1.82, 2.24) is 29.9 Å². The molecule has 4 aromatic carbocycles. The van der Waals surface area contributed by atoms with E-state index in [1.54, 1.807) is 12.1 Å². The first-order valence-corrected chi connectivity index (χ1v) is 23.0. The van der Waals surface area contributed by atoms with Crippen LogP contribution in [0.1, 0.15) is 10.4 Å². The number of fused-ring (bicyclic) bond motifs is 1. The van der Waals surface area contributed by atoms with Gasteiger partial charge in [-0.15, -0.1) is 15.2 Å². The van der Waals surface area contributed by atoms with Gasteiger partial charge < -0.3 is 55.0 Å². The number of azo groups is 1. The van der Waals surface area contributed by atoms with E-state index in [4.69, 9.17) is 16.3 Å². The number of benzene rings is 4. The molecule has 3 aromatic heterocycles. The van der Waals surface area contributed by atoms with Crippen molar-refractivity contribution < 1.29 is 154 Å². The Labute approximate surface area is 477 Å². The number of aromatic nitrogens is 7. The fourth-order valence-corrected chi connectivity index (χ4v) is 8.11. The summed E-state index contributed by atoms with van der Waals surface area (Å²) in [5.74, 6) is -2.37. The van der Waals surface area contributed by atoms with Crippen molar-refractivity contribution >= 4 is 113 Å². The van der Waals surface area contributed by atoms with Crippen LogP contribution in [0, 0.1) is 0 Å². The Morgan fingerprint density at radius 1 is 0.803 bits per heavy atom. The van der Waals surface area contributed by atoms with Gasteiger partial charge in [-0.3, -0.25) is 5.04 Å². The van der Waals surface area contributed by atoms with Crippen molar-refractivity contribution in [3.05, 3.63) is 102 Å². The molecule has 4 heterocycles. The first-order valence-electron chi connectivity index (χ1n) is 19.1. The van der Waals surface area contributed by atoms with Crippen molar-refractivity contribution in [2.24, 2.45) is 10.2 Å². The summed E-state index contributed by atoms with van der Waals surface area (Å²) in [5, 5.41) is 54.7. The van der Waals surface area contributed by atoms with Crippen LogP contribution < -0.4 is 124 Å². The van der Waals surface area contributed by atoms with E-state index in [-0.39, 0.29) is 151 Å². The van der Waals surface area contributed by atoms with Crippen LogP contribution in [0.3, 0.4) is 0 Å². The van der Waals surface area contributed by atoms with Gasteiger partial charge in [-0.2, -0.15) is 19.3 Å². The maximum Gasteiger partial charge on any atom is 1.00 e. The number of carboxylic acids is 1. The molecule has 1 aliphatic heterocycles. The summed E-state index contributed by atoms with van der Waals surface area (Å²) in [6, 6.07) is 16.6. The van der Waals surface area contributed by atoms with Crippen LogP contribution in [0.4, 0.5) is 52.2 Å². The van der Waals surface area contributed by atoms with E-state index in [1.807, 2.05) is 4.90 Å². The predicted octanol–water partition coefficient (Wildman–Crippen LogP) is -6.26. The number of carbonyl (C=O) groups excluding carboxylic acids is 1. The van der Waals surface area contributed by atoms with E-state index in [2.05, 4.69) is 65.5 Å². The summed E-state index contributed by atoms with van der Waals surface area (Å²) >= 11 is 6.53. The van der Waals surface area contributed by atoms with Crippen LogP contribution in [0.25, 0.3) is 16.7 Å². The number of morpholine rings is 1. The third kappa shape index (κ3) is 14.7. The van der Waals surface area contributed by atoms with Gasteiger partial charge in [0.15, 0.2) is 5.75 Å². The molecule has 0 spiro atoms. The second-order valence-corrected chi connectivity index (χ2v) is 17.6. The van der Waals surface area contributed by atoms with E-state index in [0.717, 1.165) is 36.5 Å². The van der Waals surface area contributed by atoms with Gasteiger partial charge >= 0.3 is 107 Å². The summed E-state index contributed by atoms with van der Waals surface area (Å²) in [6.07, 6.45) is 2.52. The number of rotatable bonds is 16. The van der Waals surface area contributed by atoms with E-state index in [0.29, 0.717) is 55.4 Å². The number of aromatic carboxylic acids is 1. The smallest absolute Gasteiger partial charge is 0.744 e. The van der Waals surface area contributed by atoms with Gasteiger partial charge in [-0.1, -0.05) is 6.07 Å². The zero-order valence-electron chi connectivity index (χ0n) is 36.9. The summed E-state index contributed by atoms with van der Waals surface area (Å²) in [5.41, 5.74) is -0.715. The molecule has 0 aliphatic carbocycles. The number of halogens is 1. The minimum atomic E-state index is -5.24. The molecule has 0 saturated carbocycles. The second kappa shape index (κ2) is 25.1. The SMILES string of the molecule is O=C([O-])c1ccc[n+](-c2nc(Nc3cccc(S(=O)(=O)[O-])c3)nc(Nc3ccc(S(=O)(=O)[O-])c(N=Nc4c(SOO[O-])cc5cc(Nc6nc(Cl)nc(N7CCOCC7)n6)ccc5c4O)c3)n2)c1.[Na+].[Na+].[Na+]. The van der Waals surface area contributed by atoms with Gasteiger partial charge in [-0.05, 0) is 99.8 Å². The van der Waals surface area contributed by atoms with Crippen LogP contribution >= 0.6 is 23.6 Å². The maximum atomic E-state index is 12.5. The first-order chi connectivity index (χ1) is 32.5. The first kappa shape index (κ1) is 57.6. The van der Waals surface area contributed by atoms with Gasteiger partial charge in [0.05, 0.1) is 58.3 Å². The molecule has 350 valence electrons. The number of pyridine rings is 1. The van der Waals surface area contributed by atoms with Gasteiger partial charge in [0.25, 0.3) is 0 Å². The molecular weight excluding hydrogens is 1050 g/mol. The van der Waals surface area contributed by atoms with E-state index < -0.39 is 47.4 Å². The van der Waals surface area contributed by atoms with E-state index in [1.165, 1.54) is 47.2 Å². The Hall–Kier alpha value is -4.32. The van der Waals surface area contributed by atoms with Crippen molar-refractivity contribution in [3.63, 3.8) is 0 Å². The predicted molar refractivity (Wildman–Crippen MR) is 230 cm³/mol. The molecular formula is C38H27ClN13Na3O13S3. The number of hydrogen-bond donors (Lipinski definition) is 4. The number of aromatic hydroxyl groups is 1. The number of carboxylic acid groups (broad SMARTS) is 1. The molecule has 0 unspecified atom stereocenters. The topological polar surface area (TPSA) is 371 Å². The van der Waals surface area contributed by atoms with E-state index in [9.17, 15) is 46.2 Å². The van der Waals surface area contributed by atoms with E-state index >= 15 is 0 Å². The average Bonchev–Trinajstić information content (AvgIpc) is 3.30. The van der Waals surface area contributed by atoms with Gasteiger partial charge in [0.1, 0.15) is 31.6 Å². The fourth-order valence-electron chi connectivity index (χ4n) is 6.36. The molecule has 0 amide bonds. The van der Waals surface area contributed by atoms with Crippen LogP contribution in [-0.4, -0.2) is 93.2 Å². The fraction of sp³-hybridized carbons (Fsp3) is 0.105. The van der Waals surface area contributed by atoms with Gasteiger partial charge in [0.2, 0.25) is 17.2 Å². The summed E-state index contributed by atoms with van der Waals surface area (Å²) < 4.78 is 83.6. The monoisotopic (exact) mass is 1070 g/mol. The van der Waals surface area contributed by atoms with Crippen molar-refractivity contribution in [1.29, 1.82) is 0 Å². The number of nitrogens with one attached hydrogen (secondary N) is 3. The zero-order chi connectivity index (χ0) is 48.2. The zero-order valence-corrected chi connectivity index (χ0v) is 46.1. The Bertz CT molecular complexity index is 3370. The molecule has 0 atom stereocenters. The van der Waals surface area contributed by atoms with Crippen molar-refractivity contribution in [3.8, 4) is 11.7 Å². The van der Waals surface area contributed by atoms with Gasteiger partial charge in [0, 0.05) is 41.1 Å². The molecule has 71 heavy (non-hydrogen) atoms. The van der Waals surface area contributed by atoms with Crippen LogP contribution in [-0.2, 0) is 34.3 Å². The Morgan fingerprint density at radius 3 is 2.13 bits per heavy atom. The van der Waals surface area contributed by atoms with Gasteiger partial charge in [-0.25, -0.2) is 21.4 Å². The second-order valence-electron chi connectivity index (χ2n) is 13.8. The minimum absolute atomic E-state index is 0. The quantitative estimate of drug-likeness (QED) is 0.0133. The Morgan fingerprint density at radius 2 is 1.46 bits per heavy atom. The van der Waals surface area contributed by atoms with Crippen LogP contribution in [0.2, 0.25) is 5.28 Å². The summed E-state index contributed by atoms with van der Waals surface area (Å²) in [7, 11) is -10.1. The van der Waals surface area contributed by atoms with Crippen molar-refractivity contribution in [2.75, 3.05) is 47.2 Å². The standard InChI is InChI=1S/C38H30ClN13O13S3.3Na/c39-33-43-34(46-37(44-33)51-11-13-63-14-12-51)41-23-6-8-26-21(15-23)16-28(66-65-64-56)30(31(26)53)50-49-27-18-24(7-9-29(27)68(60,61)62)42-36-45-35(40-22-4-1-5-25(17-22)67(57,58)59)47-38(48-36)52-10-2-3-20(19-52)32(54)55;;;/h1-10,15-19H,11-14H2,(H7-,40,41,42,43,44,45,46,47,48,53,54,55,56,57,58,59,60,61,62);;;/q;3*+1/p-3. The third-order valence-electron chi connectivity index (χ3n) is 9.36. The number of hydrogen-bond acceptors (Lipinski definition) is 26. The largest absolute Gasteiger partial charge is 1.00 e. The van der Waals surface area contributed by atoms with Crippen LogP contribution in [0.15, 0.2) is 116 Å². The number of phenols is 1. The molecule has 8 rings (SSSR count). The average molecular weight is 1070 g/mol. The molecule has 33 heteroatoms. The van der Waals surface area contributed by atoms with Crippen molar-refractivity contribution in [2.45, 2.75) is 14.7 Å². The molecule has 26 nitrogen and oxygen atoms in total. The number of nitrogens with zero attached hydrogens (tertiary/aromatic N) is 10. The Kier molecular flexibility index (Phi) is 20.3. The summed E-state index contributed by atoms with van der Waals surface area (Å²) in [4.78, 5) is 37.7. The Balaban J connectivity index is 0.00000312. The number of anilines is 7. The normalized spacial score (nSPS) is 12.6. The molecule has 1 fully saturated rings. The number of carbonyl (C=O) groups is 1. The third-order valence-corrected chi connectivity index (χ3v) is 11.9. The maximum absolute atomic E-state index is 12.5. The van der Waals surface area contributed by atoms with Crippen LogP contribution in [0.5, 0.6) is 5.75 Å².